The van der Waals surface area contributed by atoms with Gasteiger partial charge in [0.15, 0.2) is 17.4 Å². The number of Topliss-reactive ketones (excluding diaryl/α,β-unsaturated/α-hetero) is 1. The zero-order valence-electron chi connectivity index (χ0n) is 7.91. The lowest BCUT2D eigenvalue weighted by Crippen LogP contribution is -2.19. The van der Waals surface area contributed by atoms with E-state index in [0.29, 0.717) is 6.07 Å². The van der Waals surface area contributed by atoms with Gasteiger partial charge in [-0.2, -0.15) is 0 Å². The van der Waals surface area contributed by atoms with E-state index in [1.807, 2.05) is 0 Å². The van der Waals surface area contributed by atoms with Gasteiger partial charge in [-0.05, 0) is 18.2 Å². The molecule has 0 aliphatic rings. The molecule has 1 rings (SSSR count). The summed E-state index contributed by atoms with van der Waals surface area (Å²) < 4.78 is 37.8. The molecule has 0 fully saturated rings. The number of rotatable bonds is 4. The van der Waals surface area contributed by atoms with Gasteiger partial charge in [0.25, 0.3) is 0 Å². The van der Waals surface area contributed by atoms with Crippen molar-refractivity contribution >= 4 is 11.8 Å². The standard InChI is InChI=1S/C10H7F3O3/c11-6-2-1-5(3-7(6)12)9(14)4-8(13)10(15)16/h1-3,8H,4H2,(H,15,16). The summed E-state index contributed by atoms with van der Waals surface area (Å²) in [5.74, 6) is -5.03. The van der Waals surface area contributed by atoms with Crippen molar-refractivity contribution in [3.63, 3.8) is 0 Å². The van der Waals surface area contributed by atoms with Crippen LogP contribution in [0.1, 0.15) is 16.8 Å². The number of carboxylic acid groups (broad SMARTS) is 1. The minimum Gasteiger partial charge on any atom is -0.479 e. The van der Waals surface area contributed by atoms with Crippen LogP contribution < -0.4 is 0 Å². The van der Waals surface area contributed by atoms with E-state index in [1.165, 1.54) is 0 Å². The summed E-state index contributed by atoms with van der Waals surface area (Å²) >= 11 is 0. The molecule has 0 aliphatic carbocycles. The smallest absolute Gasteiger partial charge is 0.338 e. The van der Waals surface area contributed by atoms with Crippen molar-refractivity contribution in [3.8, 4) is 0 Å². The highest BCUT2D eigenvalue weighted by Crippen LogP contribution is 2.12. The Morgan fingerprint density at radius 2 is 1.88 bits per heavy atom. The number of carbonyl (C=O) groups excluding carboxylic acids is 1. The molecule has 1 atom stereocenters. The molecule has 0 heterocycles. The van der Waals surface area contributed by atoms with Gasteiger partial charge in [0.2, 0.25) is 6.17 Å². The van der Waals surface area contributed by atoms with Crippen LogP contribution in [0.3, 0.4) is 0 Å². The van der Waals surface area contributed by atoms with Gasteiger partial charge >= 0.3 is 5.97 Å². The highest BCUT2D eigenvalue weighted by atomic mass is 19.2. The first-order valence-electron chi connectivity index (χ1n) is 4.27. The van der Waals surface area contributed by atoms with Crippen molar-refractivity contribution in [2.45, 2.75) is 12.6 Å². The Bertz CT molecular complexity index is 431. The first-order valence-corrected chi connectivity index (χ1v) is 4.27. The monoisotopic (exact) mass is 232 g/mol. The van der Waals surface area contributed by atoms with Crippen LogP contribution in [0, 0.1) is 11.6 Å². The maximum Gasteiger partial charge on any atom is 0.338 e. The molecule has 0 bridgehead atoms. The van der Waals surface area contributed by atoms with Crippen molar-refractivity contribution in [2.24, 2.45) is 0 Å². The first-order chi connectivity index (χ1) is 7.41. The fraction of sp³-hybridized carbons (Fsp3) is 0.200. The Morgan fingerprint density at radius 3 is 2.38 bits per heavy atom. The molecule has 0 saturated heterocycles. The number of alkyl halides is 1. The number of carbonyl (C=O) groups is 2. The predicted octanol–water partition coefficient (Wildman–Crippen LogP) is 1.96. The molecular formula is C10H7F3O3. The number of benzene rings is 1. The number of hydrogen-bond acceptors (Lipinski definition) is 2. The molecule has 1 aromatic rings. The van der Waals surface area contributed by atoms with E-state index >= 15 is 0 Å². The van der Waals surface area contributed by atoms with Crippen LogP contribution in [-0.2, 0) is 4.79 Å². The zero-order chi connectivity index (χ0) is 12.3. The number of ketones is 1. The Morgan fingerprint density at radius 1 is 1.25 bits per heavy atom. The second-order valence-corrected chi connectivity index (χ2v) is 3.06. The van der Waals surface area contributed by atoms with Crippen LogP contribution in [0.4, 0.5) is 13.2 Å². The summed E-state index contributed by atoms with van der Waals surface area (Å²) in [6.45, 7) is 0. The van der Waals surface area contributed by atoms with E-state index in [4.69, 9.17) is 5.11 Å². The van der Waals surface area contributed by atoms with Crippen LogP contribution in [0.5, 0.6) is 0 Å². The minimum atomic E-state index is -2.35. The fourth-order valence-corrected chi connectivity index (χ4v) is 1.04. The van der Waals surface area contributed by atoms with Gasteiger partial charge in [0, 0.05) is 5.56 Å². The van der Waals surface area contributed by atoms with E-state index in [9.17, 15) is 22.8 Å². The van der Waals surface area contributed by atoms with E-state index in [2.05, 4.69) is 0 Å². The number of carboxylic acids is 1. The average molecular weight is 232 g/mol. The van der Waals surface area contributed by atoms with E-state index in [0.717, 1.165) is 12.1 Å². The zero-order valence-corrected chi connectivity index (χ0v) is 7.91. The predicted molar refractivity (Wildman–Crippen MR) is 47.8 cm³/mol. The van der Waals surface area contributed by atoms with Gasteiger partial charge in [-0.3, -0.25) is 4.79 Å². The number of halogens is 3. The first kappa shape index (κ1) is 12.2. The molecular weight excluding hydrogens is 225 g/mol. The van der Waals surface area contributed by atoms with Crippen molar-refractivity contribution in [1.29, 1.82) is 0 Å². The number of aliphatic carboxylic acids is 1. The summed E-state index contributed by atoms with van der Waals surface area (Å²) in [6.07, 6.45) is -3.25. The van der Waals surface area contributed by atoms with Crippen molar-refractivity contribution < 1.29 is 27.9 Å². The van der Waals surface area contributed by atoms with Crippen LogP contribution >= 0.6 is 0 Å². The second-order valence-electron chi connectivity index (χ2n) is 3.06. The van der Waals surface area contributed by atoms with Gasteiger partial charge < -0.3 is 5.11 Å². The maximum absolute atomic E-state index is 12.7. The molecule has 0 aromatic heterocycles. The van der Waals surface area contributed by atoms with Gasteiger partial charge in [-0.15, -0.1) is 0 Å². The van der Waals surface area contributed by atoms with E-state index in [-0.39, 0.29) is 5.56 Å². The summed E-state index contributed by atoms with van der Waals surface area (Å²) in [7, 11) is 0. The van der Waals surface area contributed by atoms with Crippen LogP contribution in [0.15, 0.2) is 18.2 Å². The van der Waals surface area contributed by atoms with Crippen LogP contribution in [-0.4, -0.2) is 23.0 Å². The number of hydrogen-bond donors (Lipinski definition) is 1. The summed E-state index contributed by atoms with van der Waals surface area (Å²) in [6, 6.07) is 2.29. The molecule has 1 N–H and O–H groups in total. The van der Waals surface area contributed by atoms with Gasteiger partial charge in [0.05, 0.1) is 6.42 Å². The Labute approximate surface area is 88.5 Å². The molecule has 1 unspecified atom stereocenters. The molecule has 0 aliphatic heterocycles. The van der Waals surface area contributed by atoms with Crippen molar-refractivity contribution in [2.75, 3.05) is 0 Å². The molecule has 0 amide bonds. The lowest BCUT2D eigenvalue weighted by atomic mass is 10.1. The van der Waals surface area contributed by atoms with Crippen LogP contribution in [0.25, 0.3) is 0 Å². The third kappa shape index (κ3) is 2.82. The Kier molecular flexibility index (Phi) is 3.65. The molecule has 6 heteroatoms. The lowest BCUT2D eigenvalue weighted by molar-refractivity contribution is -0.142. The SMILES string of the molecule is O=C(CC(F)C(=O)O)c1ccc(F)c(F)c1. The second kappa shape index (κ2) is 4.78. The molecule has 16 heavy (non-hydrogen) atoms. The summed E-state index contributed by atoms with van der Waals surface area (Å²) in [5, 5.41) is 8.22. The van der Waals surface area contributed by atoms with Gasteiger partial charge in [-0.1, -0.05) is 0 Å². The normalized spacial score (nSPS) is 12.2. The van der Waals surface area contributed by atoms with Gasteiger partial charge in [0.1, 0.15) is 0 Å². The maximum atomic E-state index is 12.7. The van der Waals surface area contributed by atoms with E-state index in [1.54, 1.807) is 0 Å². The largest absolute Gasteiger partial charge is 0.479 e. The van der Waals surface area contributed by atoms with Crippen molar-refractivity contribution in [1.82, 2.24) is 0 Å². The molecule has 86 valence electrons. The summed E-state index contributed by atoms with van der Waals surface area (Å²) in [5.41, 5.74) is -0.261. The summed E-state index contributed by atoms with van der Waals surface area (Å²) in [4.78, 5) is 21.4. The fourth-order valence-electron chi connectivity index (χ4n) is 1.04. The third-order valence-corrected chi connectivity index (χ3v) is 1.87. The van der Waals surface area contributed by atoms with Crippen molar-refractivity contribution in [3.05, 3.63) is 35.4 Å². The third-order valence-electron chi connectivity index (χ3n) is 1.87. The Balaban J connectivity index is 2.81. The molecule has 3 nitrogen and oxygen atoms in total. The molecule has 1 aromatic carbocycles. The average Bonchev–Trinajstić information content (AvgIpc) is 2.21. The molecule has 0 spiro atoms. The topological polar surface area (TPSA) is 54.4 Å². The highest BCUT2D eigenvalue weighted by Gasteiger charge is 2.21. The lowest BCUT2D eigenvalue weighted by Gasteiger charge is -2.03. The van der Waals surface area contributed by atoms with E-state index < -0.39 is 36.0 Å². The highest BCUT2D eigenvalue weighted by molar-refractivity contribution is 5.98. The molecule has 0 radical (unpaired) electrons. The van der Waals surface area contributed by atoms with Gasteiger partial charge in [-0.25, -0.2) is 18.0 Å². The van der Waals surface area contributed by atoms with Crippen LogP contribution in [0.2, 0.25) is 0 Å². The quantitative estimate of drug-likeness (QED) is 0.807. The Hall–Kier alpha value is -1.85. The minimum absolute atomic E-state index is 0.261. The molecule has 0 saturated carbocycles.